The van der Waals surface area contributed by atoms with Crippen LogP contribution < -0.4 is 22.9 Å². The number of carboxylic acid groups (broad SMARTS) is 4. The van der Waals surface area contributed by atoms with Gasteiger partial charge in [0.1, 0.15) is 12.1 Å². The lowest BCUT2D eigenvalue weighted by atomic mass is 10.0. The molecule has 3 atom stereocenters. The molecule has 0 saturated carbocycles. The Morgan fingerprint density at radius 2 is 1.11 bits per heavy atom. The monoisotopic (exact) mass is 412 g/mol. The molecule has 0 radical (unpaired) electrons. The smallest absolute Gasteiger partial charge is 0.320 e. The normalized spacial score (nSPS) is 12.5. The lowest BCUT2D eigenvalue weighted by Crippen LogP contribution is -2.36. The Hall–Kier alpha value is -2.28. The van der Waals surface area contributed by atoms with Gasteiger partial charge in [0.15, 0.2) is 0 Å². The van der Waals surface area contributed by atoms with Gasteiger partial charge >= 0.3 is 23.9 Å². The second-order valence-corrected chi connectivity index (χ2v) is 6.02. The average molecular weight is 412 g/mol. The van der Waals surface area contributed by atoms with Crippen molar-refractivity contribution in [2.24, 2.45) is 34.8 Å². The van der Waals surface area contributed by atoms with E-state index in [0.717, 1.165) is 6.42 Å². The number of hydrogen-bond donors (Lipinski definition) is 8. The van der Waals surface area contributed by atoms with Crippen molar-refractivity contribution in [1.82, 2.24) is 0 Å². The van der Waals surface area contributed by atoms with Crippen molar-refractivity contribution in [1.29, 1.82) is 0 Å². The first kappa shape index (κ1) is 33.3. The predicted molar refractivity (Wildman–Crippen MR) is 104 cm³/mol. The van der Waals surface area contributed by atoms with E-state index in [0.29, 0.717) is 12.3 Å². The molecule has 0 amide bonds. The van der Waals surface area contributed by atoms with Crippen LogP contribution in [0.15, 0.2) is 0 Å². The zero-order chi connectivity index (χ0) is 23.4. The third kappa shape index (κ3) is 31.5. The predicted octanol–water partition coefficient (Wildman–Crippen LogP) is -1.05. The fraction of sp³-hybridized carbons (Fsp3) is 0.750. The first-order valence-corrected chi connectivity index (χ1v) is 8.48. The van der Waals surface area contributed by atoms with Crippen molar-refractivity contribution in [3.05, 3.63) is 0 Å². The van der Waals surface area contributed by atoms with Crippen molar-refractivity contribution in [2.75, 3.05) is 13.1 Å². The molecule has 0 aliphatic carbocycles. The Morgan fingerprint density at radius 3 is 1.18 bits per heavy atom. The summed E-state index contributed by atoms with van der Waals surface area (Å²) < 4.78 is 0. The van der Waals surface area contributed by atoms with Crippen molar-refractivity contribution >= 4 is 23.9 Å². The molecule has 0 aromatic carbocycles. The standard InChI is InChI=1S/2C6H13NO2.2C2H5NO2/c1-4(2)3-5(7)6(8)9;1-3-4(2)5(7)6(8)9;2*3-1-2(4)5/h2*4-5H,3,7H2,1-2H3,(H,8,9);2*1,3H2,(H,4,5)/t5-;4-,5-;;/m00../s1. The van der Waals surface area contributed by atoms with Crippen molar-refractivity contribution in [3.8, 4) is 0 Å². The summed E-state index contributed by atoms with van der Waals surface area (Å²) in [7, 11) is 0. The summed E-state index contributed by atoms with van der Waals surface area (Å²) in [4.78, 5) is 38.8. The number of rotatable bonds is 8. The topological polar surface area (TPSA) is 253 Å². The van der Waals surface area contributed by atoms with E-state index in [-0.39, 0.29) is 19.0 Å². The fourth-order valence-electron chi connectivity index (χ4n) is 1.11. The van der Waals surface area contributed by atoms with Gasteiger partial charge in [-0.15, -0.1) is 0 Å². The third-order valence-corrected chi connectivity index (χ3v) is 2.93. The number of hydrogen-bond acceptors (Lipinski definition) is 8. The molecule has 12 nitrogen and oxygen atoms in total. The van der Waals surface area contributed by atoms with Crippen LogP contribution in [-0.2, 0) is 19.2 Å². The summed E-state index contributed by atoms with van der Waals surface area (Å²) in [6.07, 6.45) is 1.36. The molecule has 0 aliphatic rings. The summed E-state index contributed by atoms with van der Waals surface area (Å²) in [5, 5.41) is 31.9. The lowest BCUT2D eigenvalue weighted by Gasteiger charge is -2.11. The van der Waals surface area contributed by atoms with E-state index in [4.69, 9.17) is 31.9 Å². The second kappa shape index (κ2) is 21.0. The summed E-state index contributed by atoms with van der Waals surface area (Å²) in [5.74, 6) is -3.33. The molecule has 28 heavy (non-hydrogen) atoms. The van der Waals surface area contributed by atoms with E-state index in [2.05, 4.69) is 11.5 Å². The molecule has 0 fully saturated rings. The molecular formula is C16H36N4O8. The van der Waals surface area contributed by atoms with Crippen LogP contribution in [0.1, 0.15) is 40.5 Å². The average Bonchev–Trinajstić information content (AvgIpc) is 2.60. The highest BCUT2D eigenvalue weighted by Crippen LogP contribution is 2.04. The molecule has 0 rings (SSSR count). The van der Waals surface area contributed by atoms with Gasteiger partial charge in [-0.2, -0.15) is 0 Å². The minimum atomic E-state index is -0.968. The van der Waals surface area contributed by atoms with Gasteiger partial charge in [0.2, 0.25) is 0 Å². The second-order valence-electron chi connectivity index (χ2n) is 6.02. The van der Waals surface area contributed by atoms with Gasteiger partial charge in [-0.3, -0.25) is 19.2 Å². The first-order valence-electron chi connectivity index (χ1n) is 8.48. The van der Waals surface area contributed by atoms with Gasteiger partial charge < -0.3 is 43.4 Å². The van der Waals surface area contributed by atoms with E-state index < -0.39 is 36.0 Å². The van der Waals surface area contributed by atoms with Gasteiger partial charge in [-0.1, -0.05) is 34.1 Å². The van der Waals surface area contributed by atoms with Crippen LogP contribution in [0.25, 0.3) is 0 Å². The summed E-state index contributed by atoms with van der Waals surface area (Å²) >= 11 is 0. The molecule has 0 aromatic rings. The number of carboxylic acids is 4. The maximum Gasteiger partial charge on any atom is 0.320 e. The van der Waals surface area contributed by atoms with Crippen molar-refractivity contribution in [3.63, 3.8) is 0 Å². The Labute approximate surface area is 164 Å². The minimum Gasteiger partial charge on any atom is -0.480 e. The lowest BCUT2D eigenvalue weighted by molar-refractivity contribution is -0.140. The van der Waals surface area contributed by atoms with Gasteiger partial charge in [0.25, 0.3) is 0 Å². The summed E-state index contributed by atoms with van der Waals surface area (Å²) in [6, 6.07) is -1.39. The van der Waals surface area contributed by atoms with Crippen LogP contribution in [0.3, 0.4) is 0 Å². The van der Waals surface area contributed by atoms with Crippen molar-refractivity contribution in [2.45, 2.75) is 52.6 Å². The van der Waals surface area contributed by atoms with Crippen LogP contribution in [0.5, 0.6) is 0 Å². The molecular weight excluding hydrogens is 376 g/mol. The quantitative estimate of drug-likeness (QED) is 0.237. The van der Waals surface area contributed by atoms with Crippen LogP contribution in [0.2, 0.25) is 0 Å². The molecule has 0 saturated heterocycles. The highest BCUT2D eigenvalue weighted by Gasteiger charge is 2.17. The van der Waals surface area contributed by atoms with E-state index in [1.807, 2.05) is 27.7 Å². The Kier molecular flexibility index (Phi) is 25.0. The van der Waals surface area contributed by atoms with Crippen molar-refractivity contribution < 1.29 is 39.6 Å². The number of carbonyl (C=O) groups is 4. The zero-order valence-electron chi connectivity index (χ0n) is 16.9. The van der Waals surface area contributed by atoms with Gasteiger partial charge in [0.05, 0.1) is 13.1 Å². The molecule has 0 aromatic heterocycles. The van der Waals surface area contributed by atoms with Crippen LogP contribution >= 0.6 is 0 Å². The Morgan fingerprint density at radius 1 is 0.786 bits per heavy atom. The Bertz CT molecular complexity index is 432. The van der Waals surface area contributed by atoms with E-state index in [1.54, 1.807) is 0 Å². The highest BCUT2D eigenvalue weighted by molar-refractivity contribution is 5.73. The molecule has 12 N–H and O–H groups in total. The molecule has 0 spiro atoms. The third-order valence-electron chi connectivity index (χ3n) is 2.93. The number of aliphatic carboxylic acids is 4. The maximum atomic E-state index is 10.2. The van der Waals surface area contributed by atoms with Crippen LogP contribution in [0.4, 0.5) is 0 Å². The van der Waals surface area contributed by atoms with Crippen LogP contribution in [-0.4, -0.2) is 69.5 Å². The summed E-state index contributed by atoms with van der Waals surface area (Å²) in [6.45, 7) is 7.10. The van der Waals surface area contributed by atoms with E-state index in [1.165, 1.54) is 0 Å². The van der Waals surface area contributed by atoms with Crippen LogP contribution in [0, 0.1) is 11.8 Å². The molecule has 0 bridgehead atoms. The summed E-state index contributed by atoms with van der Waals surface area (Å²) in [5.41, 5.74) is 19.6. The molecule has 168 valence electrons. The van der Waals surface area contributed by atoms with Gasteiger partial charge in [-0.25, -0.2) is 0 Å². The maximum absolute atomic E-state index is 10.2. The largest absolute Gasteiger partial charge is 0.480 e. The van der Waals surface area contributed by atoms with E-state index in [9.17, 15) is 19.2 Å². The van der Waals surface area contributed by atoms with Gasteiger partial charge in [-0.05, 0) is 18.3 Å². The number of nitrogens with two attached hydrogens (primary N) is 4. The SMILES string of the molecule is CC(C)C[C@H](N)C(=O)O.CC[C@H](C)[C@H](N)C(=O)O.NCC(=O)O.NCC(=O)O. The fourth-order valence-corrected chi connectivity index (χ4v) is 1.11. The zero-order valence-corrected chi connectivity index (χ0v) is 16.9. The minimum absolute atomic E-state index is 0.0718. The van der Waals surface area contributed by atoms with Gasteiger partial charge in [0, 0.05) is 0 Å². The Balaban J connectivity index is -0.000000143. The highest BCUT2D eigenvalue weighted by atomic mass is 16.4. The first-order chi connectivity index (χ1) is 12.7. The van der Waals surface area contributed by atoms with E-state index >= 15 is 0 Å². The molecule has 12 heteroatoms. The molecule has 0 unspecified atom stereocenters. The molecule has 0 aliphatic heterocycles. The molecule has 0 heterocycles.